The number of carbonyl (C=O) groups is 1. The highest BCUT2D eigenvalue weighted by atomic mass is 32.2. The molecule has 1 aliphatic rings. The van der Waals surface area contributed by atoms with Gasteiger partial charge in [-0.25, -0.2) is 9.07 Å². The molecule has 3 aromatic rings. The van der Waals surface area contributed by atoms with E-state index in [0.717, 1.165) is 24.1 Å². The van der Waals surface area contributed by atoms with Crippen LogP contribution in [0.15, 0.2) is 59.6 Å². The van der Waals surface area contributed by atoms with E-state index in [1.807, 2.05) is 48.7 Å². The zero-order valence-electron chi connectivity index (χ0n) is 20.2. The van der Waals surface area contributed by atoms with Crippen LogP contribution in [-0.2, 0) is 4.79 Å². The molecule has 0 bridgehead atoms. The molecule has 1 amide bonds. The summed E-state index contributed by atoms with van der Waals surface area (Å²) in [6.07, 6.45) is 10.7. The Bertz CT molecular complexity index is 1240. The van der Waals surface area contributed by atoms with Gasteiger partial charge < -0.3 is 0 Å². The lowest BCUT2D eigenvalue weighted by Gasteiger charge is -2.13. The summed E-state index contributed by atoms with van der Waals surface area (Å²) in [5, 5.41) is 4.75. The molecular weight excluding hydrogens is 477 g/mol. The van der Waals surface area contributed by atoms with Crippen molar-refractivity contribution in [1.29, 1.82) is 0 Å². The van der Waals surface area contributed by atoms with E-state index in [0.29, 0.717) is 32.6 Å². The van der Waals surface area contributed by atoms with Gasteiger partial charge in [-0.05, 0) is 43.2 Å². The fraction of sp³-hybridized carbons (Fsp3) is 0.321. The zero-order valence-corrected chi connectivity index (χ0v) is 21.8. The Balaban J connectivity index is 1.60. The average molecular weight is 508 g/mol. The highest BCUT2D eigenvalue weighted by Crippen LogP contribution is 2.35. The quantitative estimate of drug-likeness (QED) is 0.161. The van der Waals surface area contributed by atoms with E-state index in [2.05, 4.69) is 6.92 Å². The summed E-state index contributed by atoms with van der Waals surface area (Å²) in [6, 6.07) is 14.8. The van der Waals surface area contributed by atoms with Crippen LogP contribution in [0.4, 0.5) is 4.39 Å². The molecule has 7 heteroatoms. The van der Waals surface area contributed by atoms with Gasteiger partial charge in [0.15, 0.2) is 0 Å². The molecule has 0 atom stereocenters. The van der Waals surface area contributed by atoms with Gasteiger partial charge in [0.05, 0.1) is 10.6 Å². The van der Waals surface area contributed by atoms with Crippen molar-refractivity contribution in [2.75, 3.05) is 6.54 Å². The van der Waals surface area contributed by atoms with Gasteiger partial charge >= 0.3 is 0 Å². The van der Waals surface area contributed by atoms with Crippen molar-refractivity contribution in [2.45, 2.75) is 52.4 Å². The normalized spacial score (nSPS) is 14.9. The molecule has 0 N–H and O–H groups in total. The second-order valence-corrected chi connectivity index (χ2v) is 10.5. The third-order valence-electron chi connectivity index (χ3n) is 6.10. The van der Waals surface area contributed by atoms with Gasteiger partial charge in [-0.15, -0.1) is 0 Å². The maximum Gasteiger partial charge on any atom is 0.266 e. The van der Waals surface area contributed by atoms with Crippen molar-refractivity contribution in [3.8, 4) is 16.9 Å². The number of carbonyl (C=O) groups excluding carboxylic acids is 1. The molecule has 0 saturated carbocycles. The number of aromatic nitrogens is 2. The van der Waals surface area contributed by atoms with Gasteiger partial charge in [0.2, 0.25) is 0 Å². The number of hydrogen-bond acceptors (Lipinski definition) is 4. The Kier molecular flexibility index (Phi) is 8.52. The first kappa shape index (κ1) is 25.3. The molecule has 4 nitrogen and oxygen atoms in total. The molecule has 2 aromatic carbocycles. The molecule has 0 unspecified atom stereocenters. The molecule has 4 rings (SSSR count). The number of amides is 1. The average Bonchev–Trinajstić information content (AvgIpc) is 3.39. The second kappa shape index (κ2) is 11.8. The number of thioether (sulfide) groups is 1. The Morgan fingerprint density at radius 3 is 2.54 bits per heavy atom. The first-order valence-corrected chi connectivity index (χ1v) is 13.4. The minimum Gasteiger partial charge on any atom is -0.293 e. The predicted molar refractivity (Wildman–Crippen MR) is 147 cm³/mol. The first-order valence-electron chi connectivity index (χ1n) is 12.1. The fourth-order valence-electron chi connectivity index (χ4n) is 4.05. The molecule has 1 aromatic heterocycles. The van der Waals surface area contributed by atoms with E-state index in [1.54, 1.807) is 22.6 Å². The van der Waals surface area contributed by atoms with Crippen LogP contribution in [0.3, 0.4) is 0 Å². The van der Waals surface area contributed by atoms with Gasteiger partial charge in [0.25, 0.3) is 5.91 Å². The van der Waals surface area contributed by atoms with E-state index < -0.39 is 0 Å². The predicted octanol–water partition coefficient (Wildman–Crippen LogP) is 7.55. The largest absolute Gasteiger partial charge is 0.293 e. The van der Waals surface area contributed by atoms with Crippen LogP contribution in [0.25, 0.3) is 23.0 Å². The number of thiocarbonyl (C=S) groups is 1. The van der Waals surface area contributed by atoms with Crippen LogP contribution >= 0.6 is 24.0 Å². The summed E-state index contributed by atoms with van der Waals surface area (Å²) in [6.45, 7) is 4.59. The number of unbranched alkanes of at least 4 members (excludes halogenated alkanes) is 5. The van der Waals surface area contributed by atoms with Gasteiger partial charge in [-0.3, -0.25) is 9.69 Å². The summed E-state index contributed by atoms with van der Waals surface area (Å²) < 4.78 is 16.7. The molecule has 0 spiro atoms. The number of benzene rings is 2. The van der Waals surface area contributed by atoms with Gasteiger partial charge in [-0.1, -0.05) is 93.3 Å². The smallest absolute Gasteiger partial charge is 0.266 e. The molecule has 35 heavy (non-hydrogen) atoms. The standard InChI is InChI=1S/C28H30FN3OS2/c1-3-4-5-6-7-11-16-31-27(33)25(35-28(31)34)18-22-19-32(23-12-9-8-10-13-23)30-26(22)21-15-14-20(2)24(29)17-21/h8-10,12-15,17-19H,3-7,11,16H2,1-2H3/b25-18-. The first-order chi connectivity index (χ1) is 17.0. The molecule has 0 radical (unpaired) electrons. The van der Waals surface area contributed by atoms with E-state index >= 15 is 0 Å². The minimum atomic E-state index is -0.284. The van der Waals surface area contributed by atoms with Crippen molar-refractivity contribution in [2.24, 2.45) is 0 Å². The molecule has 1 fully saturated rings. The monoisotopic (exact) mass is 507 g/mol. The third kappa shape index (κ3) is 6.08. The van der Waals surface area contributed by atoms with Crippen LogP contribution in [0.1, 0.15) is 56.6 Å². The van der Waals surface area contributed by atoms with Crippen molar-refractivity contribution in [3.63, 3.8) is 0 Å². The van der Waals surface area contributed by atoms with Crippen LogP contribution in [0.2, 0.25) is 0 Å². The molecule has 1 aliphatic heterocycles. The van der Waals surface area contributed by atoms with Gasteiger partial charge in [0.1, 0.15) is 15.8 Å². The van der Waals surface area contributed by atoms with Crippen molar-refractivity contribution in [3.05, 3.63) is 76.6 Å². The van der Waals surface area contributed by atoms with Gasteiger partial charge in [-0.2, -0.15) is 5.10 Å². The van der Waals surface area contributed by atoms with E-state index in [9.17, 15) is 9.18 Å². The Hall–Kier alpha value is -2.77. The Labute approximate surface area is 216 Å². The van der Waals surface area contributed by atoms with Crippen LogP contribution in [0, 0.1) is 12.7 Å². The summed E-state index contributed by atoms with van der Waals surface area (Å²) in [5.74, 6) is -0.352. The molecule has 0 aliphatic carbocycles. The number of hydrogen-bond donors (Lipinski definition) is 0. The molecule has 182 valence electrons. The number of rotatable bonds is 10. The third-order valence-corrected chi connectivity index (χ3v) is 7.48. The number of para-hydroxylation sites is 1. The number of aryl methyl sites for hydroxylation is 1. The van der Waals surface area contributed by atoms with Crippen molar-refractivity contribution < 1.29 is 9.18 Å². The van der Waals surface area contributed by atoms with Crippen molar-refractivity contribution in [1.82, 2.24) is 14.7 Å². The summed E-state index contributed by atoms with van der Waals surface area (Å²) in [5.41, 5.74) is 3.49. The van der Waals surface area contributed by atoms with Gasteiger partial charge in [0, 0.05) is 23.9 Å². The molecular formula is C28H30FN3OS2. The second-order valence-electron chi connectivity index (χ2n) is 8.78. The highest BCUT2D eigenvalue weighted by molar-refractivity contribution is 8.26. The lowest BCUT2D eigenvalue weighted by molar-refractivity contribution is -0.122. The summed E-state index contributed by atoms with van der Waals surface area (Å²) in [4.78, 5) is 15.5. The highest BCUT2D eigenvalue weighted by Gasteiger charge is 2.32. The van der Waals surface area contributed by atoms with Crippen LogP contribution in [0.5, 0.6) is 0 Å². The Morgan fingerprint density at radius 1 is 1.06 bits per heavy atom. The summed E-state index contributed by atoms with van der Waals surface area (Å²) >= 11 is 6.85. The van der Waals surface area contributed by atoms with Crippen LogP contribution in [-0.4, -0.2) is 31.5 Å². The van der Waals surface area contributed by atoms with Crippen LogP contribution < -0.4 is 0 Å². The molecule has 1 saturated heterocycles. The van der Waals surface area contributed by atoms with E-state index in [1.165, 1.54) is 43.5 Å². The maximum atomic E-state index is 14.4. The molecule has 2 heterocycles. The number of halogens is 1. The minimum absolute atomic E-state index is 0.0675. The SMILES string of the molecule is CCCCCCCCN1C(=O)/C(=C/c2cn(-c3ccccc3)nc2-c2ccc(C)c(F)c2)SC1=S. The zero-order chi connectivity index (χ0) is 24.8. The topological polar surface area (TPSA) is 38.1 Å². The fourth-order valence-corrected chi connectivity index (χ4v) is 5.35. The summed E-state index contributed by atoms with van der Waals surface area (Å²) in [7, 11) is 0. The lowest BCUT2D eigenvalue weighted by atomic mass is 10.1. The van der Waals surface area contributed by atoms with E-state index in [4.69, 9.17) is 17.3 Å². The van der Waals surface area contributed by atoms with E-state index in [-0.39, 0.29) is 11.7 Å². The number of nitrogens with zero attached hydrogens (tertiary/aromatic N) is 3. The van der Waals surface area contributed by atoms with Crippen molar-refractivity contribution >= 4 is 40.3 Å². The maximum absolute atomic E-state index is 14.4. The lowest BCUT2D eigenvalue weighted by Crippen LogP contribution is -2.29. The Morgan fingerprint density at radius 2 is 1.80 bits per heavy atom.